The van der Waals surface area contributed by atoms with Gasteiger partial charge < -0.3 is 20.5 Å². The summed E-state index contributed by atoms with van der Waals surface area (Å²) in [5.41, 5.74) is 6.86. The molecule has 2 atom stereocenters. The molecule has 2 rings (SSSR count). The van der Waals surface area contributed by atoms with Crippen LogP contribution >= 0.6 is 24.0 Å². The Labute approximate surface area is 174 Å². The summed E-state index contributed by atoms with van der Waals surface area (Å²) in [6.45, 7) is 4.26. The lowest BCUT2D eigenvalue weighted by molar-refractivity contribution is -0.274. The van der Waals surface area contributed by atoms with Crippen LogP contribution in [0.1, 0.15) is 25.3 Å². The molecule has 5 nitrogen and oxygen atoms in total. The zero-order chi connectivity index (χ0) is 19.2. The van der Waals surface area contributed by atoms with Gasteiger partial charge >= 0.3 is 6.36 Å². The van der Waals surface area contributed by atoms with Gasteiger partial charge in [-0.2, -0.15) is 0 Å². The van der Waals surface area contributed by atoms with Crippen molar-refractivity contribution in [2.45, 2.75) is 32.5 Å². The van der Waals surface area contributed by atoms with E-state index in [1.54, 1.807) is 12.1 Å². The van der Waals surface area contributed by atoms with E-state index in [-0.39, 0.29) is 42.3 Å². The number of hydrogen-bond donors (Lipinski definition) is 2. The fraction of sp³-hybridized carbons (Fsp3) is 0.611. The van der Waals surface area contributed by atoms with Crippen molar-refractivity contribution >= 4 is 29.9 Å². The van der Waals surface area contributed by atoms with Crippen molar-refractivity contribution in [3.63, 3.8) is 0 Å². The predicted octanol–water partition coefficient (Wildman–Crippen LogP) is 3.40. The van der Waals surface area contributed by atoms with Gasteiger partial charge in [-0.3, -0.25) is 4.99 Å². The quantitative estimate of drug-likeness (QED) is 0.356. The van der Waals surface area contributed by atoms with Gasteiger partial charge in [0.1, 0.15) is 5.75 Å². The van der Waals surface area contributed by atoms with Crippen molar-refractivity contribution in [2.75, 3.05) is 26.2 Å². The molecule has 9 heteroatoms. The fourth-order valence-electron chi connectivity index (χ4n) is 3.07. The van der Waals surface area contributed by atoms with E-state index in [0.717, 1.165) is 25.1 Å². The summed E-state index contributed by atoms with van der Waals surface area (Å²) in [6.07, 6.45) is -1.92. The van der Waals surface area contributed by atoms with Crippen molar-refractivity contribution in [1.29, 1.82) is 0 Å². The highest BCUT2D eigenvalue weighted by molar-refractivity contribution is 14.0. The number of aliphatic hydroxyl groups is 1. The molecule has 0 radical (unpaired) electrons. The van der Waals surface area contributed by atoms with E-state index in [1.165, 1.54) is 18.6 Å². The minimum atomic E-state index is -4.70. The van der Waals surface area contributed by atoms with Crippen LogP contribution in [0.15, 0.2) is 29.3 Å². The third-order valence-corrected chi connectivity index (χ3v) is 4.43. The monoisotopic (exact) mass is 501 g/mol. The van der Waals surface area contributed by atoms with Crippen LogP contribution in [-0.2, 0) is 6.42 Å². The van der Waals surface area contributed by atoms with Gasteiger partial charge in [0.05, 0.1) is 0 Å². The highest BCUT2D eigenvalue weighted by atomic mass is 127. The summed E-state index contributed by atoms with van der Waals surface area (Å²) in [4.78, 5) is 6.46. The highest BCUT2D eigenvalue weighted by Gasteiger charge is 2.31. The van der Waals surface area contributed by atoms with E-state index < -0.39 is 6.36 Å². The largest absolute Gasteiger partial charge is 0.573 e. The average molecular weight is 501 g/mol. The van der Waals surface area contributed by atoms with Gasteiger partial charge in [0.25, 0.3) is 0 Å². The molecule has 1 aromatic carbocycles. The van der Waals surface area contributed by atoms with E-state index in [0.29, 0.717) is 24.8 Å². The number of hydrogen-bond acceptors (Lipinski definition) is 3. The molecule has 1 aliphatic heterocycles. The molecule has 2 unspecified atom stereocenters. The molecule has 0 saturated carbocycles. The van der Waals surface area contributed by atoms with Crippen LogP contribution in [-0.4, -0.2) is 48.6 Å². The Kier molecular flexibility index (Phi) is 9.65. The maximum atomic E-state index is 12.2. The Morgan fingerprint density at radius 1 is 1.37 bits per heavy atom. The fourth-order valence-corrected chi connectivity index (χ4v) is 3.07. The Balaban J connectivity index is 0.00000364. The lowest BCUT2D eigenvalue weighted by atomic mass is 10.00. The lowest BCUT2D eigenvalue weighted by Crippen LogP contribution is -2.43. The number of alkyl halides is 3. The first kappa shape index (κ1) is 23.8. The van der Waals surface area contributed by atoms with Gasteiger partial charge in [-0.25, -0.2) is 0 Å². The molecule has 0 amide bonds. The minimum Gasteiger partial charge on any atom is -0.406 e. The van der Waals surface area contributed by atoms with Crippen LogP contribution in [0.2, 0.25) is 0 Å². The van der Waals surface area contributed by atoms with Crippen molar-refractivity contribution < 1.29 is 23.0 Å². The van der Waals surface area contributed by atoms with Crippen molar-refractivity contribution in [1.82, 2.24) is 4.90 Å². The third-order valence-electron chi connectivity index (χ3n) is 4.43. The van der Waals surface area contributed by atoms with Crippen LogP contribution in [0, 0.1) is 11.8 Å². The van der Waals surface area contributed by atoms with Crippen LogP contribution in [0.5, 0.6) is 5.75 Å². The van der Waals surface area contributed by atoms with Crippen LogP contribution in [0.3, 0.4) is 0 Å². The molecule has 3 N–H and O–H groups in total. The van der Waals surface area contributed by atoms with E-state index in [1.807, 2.05) is 0 Å². The minimum absolute atomic E-state index is 0. The molecule has 154 valence electrons. The van der Waals surface area contributed by atoms with Gasteiger partial charge in [-0.05, 0) is 42.9 Å². The smallest absolute Gasteiger partial charge is 0.406 e. The maximum absolute atomic E-state index is 12.2. The number of benzene rings is 1. The molecule has 0 aromatic heterocycles. The molecule has 1 aliphatic rings. The average Bonchev–Trinajstić information content (AvgIpc) is 2.58. The first-order chi connectivity index (χ1) is 12.3. The normalized spacial score (nSPS) is 19.4. The van der Waals surface area contributed by atoms with Crippen LogP contribution in [0.4, 0.5) is 13.2 Å². The standard InChI is InChI=1S/C18H26F3N3O2.HI/c1-13-3-2-8-24(11-13)17(22)23-10-15(12-25)9-14-4-6-16(7-5-14)26-18(19,20)21;/h4-7,13,15,25H,2-3,8-12H2,1H3,(H2,22,23);1H. The Morgan fingerprint density at radius 3 is 2.59 bits per heavy atom. The number of aliphatic imine (C=N–C) groups is 1. The molecule has 1 aromatic rings. The summed E-state index contributed by atoms with van der Waals surface area (Å²) in [5.74, 6) is 0.668. The SMILES string of the molecule is CC1CCCN(C(N)=NCC(CO)Cc2ccc(OC(F)(F)F)cc2)C1.I. The molecular weight excluding hydrogens is 474 g/mol. The van der Waals surface area contributed by atoms with E-state index in [9.17, 15) is 18.3 Å². The Bertz CT molecular complexity index is 597. The summed E-state index contributed by atoms with van der Waals surface area (Å²) in [7, 11) is 0. The summed E-state index contributed by atoms with van der Waals surface area (Å²) >= 11 is 0. The summed E-state index contributed by atoms with van der Waals surface area (Å²) in [6, 6.07) is 5.65. The number of rotatable bonds is 6. The molecular formula is C18H27F3IN3O2. The Morgan fingerprint density at radius 2 is 2.04 bits per heavy atom. The van der Waals surface area contributed by atoms with Crippen molar-refractivity contribution in [3.8, 4) is 5.75 Å². The molecule has 1 fully saturated rings. The number of halogens is 4. The number of ether oxygens (including phenoxy) is 1. The topological polar surface area (TPSA) is 71.1 Å². The van der Waals surface area contributed by atoms with Gasteiger partial charge in [-0.15, -0.1) is 37.1 Å². The molecule has 0 spiro atoms. The van der Waals surface area contributed by atoms with E-state index in [2.05, 4.69) is 21.6 Å². The number of aliphatic hydroxyl groups excluding tert-OH is 1. The predicted molar refractivity (Wildman–Crippen MR) is 109 cm³/mol. The van der Waals surface area contributed by atoms with Gasteiger partial charge in [0.2, 0.25) is 0 Å². The molecule has 0 bridgehead atoms. The number of nitrogens with two attached hydrogens (primary N) is 1. The van der Waals surface area contributed by atoms with E-state index >= 15 is 0 Å². The highest BCUT2D eigenvalue weighted by Crippen LogP contribution is 2.23. The number of nitrogens with zero attached hydrogens (tertiary/aromatic N) is 2. The van der Waals surface area contributed by atoms with E-state index in [4.69, 9.17) is 5.73 Å². The number of likely N-dealkylation sites (tertiary alicyclic amines) is 1. The van der Waals surface area contributed by atoms with Gasteiger partial charge in [0.15, 0.2) is 5.96 Å². The first-order valence-electron chi connectivity index (χ1n) is 8.77. The van der Waals surface area contributed by atoms with Crippen molar-refractivity contribution in [3.05, 3.63) is 29.8 Å². The zero-order valence-corrected chi connectivity index (χ0v) is 17.6. The van der Waals surface area contributed by atoms with Gasteiger partial charge in [-0.1, -0.05) is 19.1 Å². The first-order valence-corrected chi connectivity index (χ1v) is 8.77. The molecule has 1 heterocycles. The zero-order valence-electron chi connectivity index (χ0n) is 15.3. The van der Waals surface area contributed by atoms with Gasteiger partial charge in [0, 0.05) is 32.2 Å². The summed E-state index contributed by atoms with van der Waals surface area (Å²) in [5, 5.41) is 9.56. The van der Waals surface area contributed by atoms with Crippen LogP contribution in [0.25, 0.3) is 0 Å². The maximum Gasteiger partial charge on any atom is 0.573 e. The summed E-state index contributed by atoms with van der Waals surface area (Å²) < 4.78 is 40.4. The second-order valence-electron chi connectivity index (χ2n) is 6.84. The number of guanidine groups is 1. The molecule has 27 heavy (non-hydrogen) atoms. The second kappa shape index (κ2) is 10.9. The van der Waals surface area contributed by atoms with Crippen LogP contribution < -0.4 is 10.5 Å². The molecule has 1 saturated heterocycles. The lowest BCUT2D eigenvalue weighted by Gasteiger charge is -2.31. The number of piperidine rings is 1. The third kappa shape index (κ3) is 8.54. The molecule has 0 aliphatic carbocycles. The second-order valence-corrected chi connectivity index (χ2v) is 6.84. The Hall–Kier alpha value is -1.23. The van der Waals surface area contributed by atoms with Crippen molar-refractivity contribution in [2.24, 2.45) is 22.6 Å².